The molecule has 1 aliphatic rings. The number of hydrogen-bond acceptors (Lipinski definition) is 4. The van der Waals surface area contributed by atoms with Crippen LogP contribution in [0, 0.1) is 12.8 Å². The number of carbonyl (C=O) groups excluding carboxylic acids is 1. The molecule has 0 N–H and O–H groups in total. The Bertz CT molecular complexity index is 913. The summed E-state index contributed by atoms with van der Waals surface area (Å²) in [6.45, 7) is 3.36. The molecule has 1 aliphatic heterocycles. The van der Waals surface area contributed by atoms with Gasteiger partial charge in [0.15, 0.2) is 5.69 Å². The van der Waals surface area contributed by atoms with Crippen LogP contribution in [0.15, 0.2) is 47.2 Å². The van der Waals surface area contributed by atoms with Crippen LogP contribution in [0.5, 0.6) is 0 Å². The molecule has 5 heteroatoms. The van der Waals surface area contributed by atoms with Crippen molar-refractivity contribution in [3.63, 3.8) is 0 Å². The standard InChI is InChI=1S/C21H23N3O2/c1-15-11-20(23-26-15)21(25)24-9-4-5-16(8-10-24)12-18-14-22-13-17-6-2-3-7-19(17)18/h2-3,6-7,11,13-14,16H,4-5,8-10,12H2,1H3. The summed E-state index contributed by atoms with van der Waals surface area (Å²) in [5.74, 6) is 1.22. The van der Waals surface area contributed by atoms with Crippen LogP contribution in [0.4, 0.5) is 0 Å². The maximum absolute atomic E-state index is 12.6. The summed E-state index contributed by atoms with van der Waals surface area (Å²) in [6.07, 6.45) is 8.09. The van der Waals surface area contributed by atoms with Crippen molar-refractivity contribution in [2.75, 3.05) is 13.1 Å². The molecule has 0 bridgehead atoms. The maximum atomic E-state index is 12.6. The Labute approximate surface area is 153 Å². The highest BCUT2D eigenvalue weighted by atomic mass is 16.5. The van der Waals surface area contributed by atoms with Crippen molar-refractivity contribution >= 4 is 16.7 Å². The maximum Gasteiger partial charge on any atom is 0.276 e. The van der Waals surface area contributed by atoms with E-state index in [0.29, 0.717) is 17.4 Å². The molecule has 0 aliphatic carbocycles. The smallest absolute Gasteiger partial charge is 0.276 e. The normalized spacial score (nSPS) is 18.0. The van der Waals surface area contributed by atoms with Gasteiger partial charge < -0.3 is 9.42 Å². The number of nitrogens with zero attached hydrogens (tertiary/aromatic N) is 3. The molecule has 1 fully saturated rings. The minimum atomic E-state index is -0.0191. The second-order valence-electron chi connectivity index (χ2n) is 7.14. The molecular formula is C21H23N3O2. The second kappa shape index (κ2) is 7.28. The first-order valence-corrected chi connectivity index (χ1v) is 9.25. The number of likely N-dealkylation sites (tertiary alicyclic amines) is 1. The van der Waals surface area contributed by atoms with Crippen LogP contribution in [0.1, 0.15) is 41.1 Å². The van der Waals surface area contributed by atoms with E-state index in [4.69, 9.17) is 4.52 Å². The number of fused-ring (bicyclic) bond motifs is 1. The van der Waals surface area contributed by atoms with Gasteiger partial charge in [0.2, 0.25) is 0 Å². The molecule has 1 amide bonds. The fourth-order valence-electron chi connectivity index (χ4n) is 3.85. The Morgan fingerprint density at radius 2 is 2.12 bits per heavy atom. The highest BCUT2D eigenvalue weighted by Crippen LogP contribution is 2.26. The molecule has 2 aromatic heterocycles. The van der Waals surface area contributed by atoms with Crippen LogP contribution >= 0.6 is 0 Å². The van der Waals surface area contributed by atoms with Gasteiger partial charge in [-0.15, -0.1) is 0 Å². The van der Waals surface area contributed by atoms with Gasteiger partial charge in [0.1, 0.15) is 5.76 Å². The Hall–Kier alpha value is -2.69. The Morgan fingerprint density at radius 3 is 2.96 bits per heavy atom. The molecule has 3 heterocycles. The number of hydrogen-bond donors (Lipinski definition) is 0. The van der Waals surface area contributed by atoms with Crippen molar-refractivity contribution in [2.45, 2.75) is 32.6 Å². The van der Waals surface area contributed by atoms with Gasteiger partial charge in [-0.2, -0.15) is 0 Å². The average Bonchev–Trinajstić information content (AvgIpc) is 2.96. The number of aromatic nitrogens is 2. The topological polar surface area (TPSA) is 59.2 Å². The first-order valence-electron chi connectivity index (χ1n) is 9.25. The zero-order valence-electron chi connectivity index (χ0n) is 15.0. The Kier molecular flexibility index (Phi) is 4.69. The Morgan fingerprint density at radius 1 is 1.23 bits per heavy atom. The third-order valence-corrected chi connectivity index (χ3v) is 5.24. The van der Waals surface area contributed by atoms with Crippen LogP contribution in [0.2, 0.25) is 0 Å². The van der Waals surface area contributed by atoms with Gasteiger partial charge in [-0.3, -0.25) is 9.78 Å². The summed E-state index contributed by atoms with van der Waals surface area (Å²) in [5.41, 5.74) is 1.72. The van der Waals surface area contributed by atoms with E-state index in [-0.39, 0.29) is 5.91 Å². The molecule has 1 unspecified atom stereocenters. The van der Waals surface area contributed by atoms with Gasteiger partial charge in [-0.1, -0.05) is 29.4 Å². The molecule has 3 aromatic rings. The van der Waals surface area contributed by atoms with Crippen LogP contribution in [0.3, 0.4) is 0 Å². The Balaban J connectivity index is 1.44. The molecule has 134 valence electrons. The number of pyridine rings is 1. The molecule has 0 saturated carbocycles. The summed E-state index contributed by atoms with van der Waals surface area (Å²) < 4.78 is 5.04. The zero-order chi connectivity index (χ0) is 17.9. The van der Waals surface area contributed by atoms with Gasteiger partial charge in [0, 0.05) is 36.9 Å². The minimum absolute atomic E-state index is 0.0191. The van der Waals surface area contributed by atoms with Crippen molar-refractivity contribution in [1.29, 1.82) is 0 Å². The number of carbonyl (C=O) groups is 1. The van der Waals surface area contributed by atoms with E-state index in [1.54, 1.807) is 13.0 Å². The number of aryl methyl sites for hydroxylation is 1. The predicted molar refractivity (Wildman–Crippen MR) is 99.9 cm³/mol. The monoisotopic (exact) mass is 349 g/mol. The summed E-state index contributed by atoms with van der Waals surface area (Å²) in [4.78, 5) is 18.9. The molecule has 0 spiro atoms. The number of amides is 1. The fourth-order valence-corrected chi connectivity index (χ4v) is 3.85. The van der Waals surface area contributed by atoms with E-state index >= 15 is 0 Å². The van der Waals surface area contributed by atoms with Crippen molar-refractivity contribution in [3.05, 3.63) is 59.7 Å². The van der Waals surface area contributed by atoms with E-state index in [1.165, 1.54) is 16.3 Å². The molecule has 0 radical (unpaired) electrons. The van der Waals surface area contributed by atoms with E-state index in [0.717, 1.165) is 38.8 Å². The quantitative estimate of drug-likeness (QED) is 0.717. The van der Waals surface area contributed by atoms with Crippen molar-refractivity contribution in [2.24, 2.45) is 5.92 Å². The van der Waals surface area contributed by atoms with E-state index in [9.17, 15) is 4.79 Å². The van der Waals surface area contributed by atoms with E-state index < -0.39 is 0 Å². The lowest BCUT2D eigenvalue weighted by molar-refractivity contribution is 0.0749. The summed E-state index contributed by atoms with van der Waals surface area (Å²) in [7, 11) is 0. The second-order valence-corrected chi connectivity index (χ2v) is 7.14. The number of rotatable bonds is 3. The molecule has 1 atom stereocenters. The predicted octanol–water partition coefficient (Wildman–Crippen LogP) is 4.02. The van der Waals surface area contributed by atoms with Crippen LogP contribution < -0.4 is 0 Å². The zero-order valence-corrected chi connectivity index (χ0v) is 15.0. The lowest BCUT2D eigenvalue weighted by atomic mass is 9.91. The highest BCUT2D eigenvalue weighted by Gasteiger charge is 2.24. The average molecular weight is 349 g/mol. The lowest BCUT2D eigenvalue weighted by Gasteiger charge is -2.19. The van der Waals surface area contributed by atoms with Gasteiger partial charge in [0.25, 0.3) is 5.91 Å². The van der Waals surface area contributed by atoms with Crippen LogP contribution in [0.25, 0.3) is 10.8 Å². The van der Waals surface area contributed by atoms with Gasteiger partial charge in [-0.25, -0.2) is 0 Å². The van der Waals surface area contributed by atoms with Crippen molar-refractivity contribution in [3.8, 4) is 0 Å². The molecule has 4 rings (SSSR count). The van der Waals surface area contributed by atoms with Gasteiger partial charge >= 0.3 is 0 Å². The molecule has 1 saturated heterocycles. The van der Waals surface area contributed by atoms with Gasteiger partial charge in [-0.05, 0) is 49.5 Å². The minimum Gasteiger partial charge on any atom is -0.361 e. The molecule has 26 heavy (non-hydrogen) atoms. The number of benzene rings is 1. The summed E-state index contributed by atoms with van der Waals surface area (Å²) >= 11 is 0. The SMILES string of the molecule is Cc1cc(C(=O)N2CCCC(Cc3cncc4ccccc34)CC2)no1. The molecular weight excluding hydrogens is 326 g/mol. The van der Waals surface area contributed by atoms with Gasteiger partial charge in [0.05, 0.1) is 0 Å². The van der Waals surface area contributed by atoms with Crippen LogP contribution in [-0.2, 0) is 6.42 Å². The third kappa shape index (κ3) is 3.47. The third-order valence-electron chi connectivity index (χ3n) is 5.24. The summed E-state index contributed by atoms with van der Waals surface area (Å²) in [5, 5.41) is 6.35. The summed E-state index contributed by atoms with van der Waals surface area (Å²) in [6, 6.07) is 10.1. The first-order chi connectivity index (χ1) is 12.7. The van der Waals surface area contributed by atoms with E-state index in [2.05, 4.69) is 34.4 Å². The fraction of sp³-hybridized carbons (Fsp3) is 0.381. The highest BCUT2D eigenvalue weighted by molar-refractivity contribution is 5.92. The molecule has 5 nitrogen and oxygen atoms in total. The van der Waals surface area contributed by atoms with E-state index in [1.807, 2.05) is 17.3 Å². The lowest BCUT2D eigenvalue weighted by Crippen LogP contribution is -2.32. The van der Waals surface area contributed by atoms with Crippen LogP contribution in [-0.4, -0.2) is 34.0 Å². The van der Waals surface area contributed by atoms with Crippen molar-refractivity contribution < 1.29 is 9.32 Å². The first kappa shape index (κ1) is 16.8. The van der Waals surface area contributed by atoms with Crippen molar-refractivity contribution in [1.82, 2.24) is 15.0 Å². The molecule has 1 aromatic carbocycles. The largest absolute Gasteiger partial charge is 0.361 e.